The van der Waals surface area contributed by atoms with Crippen LogP contribution in [0.25, 0.3) is 0 Å². The number of hydrogen-bond donors (Lipinski definition) is 1. The van der Waals surface area contributed by atoms with Crippen molar-refractivity contribution in [3.05, 3.63) is 34.3 Å². The van der Waals surface area contributed by atoms with E-state index in [0.29, 0.717) is 0 Å². The Kier molecular flexibility index (Phi) is 5.63. The average molecular weight is 299 g/mol. The minimum Gasteiger partial charge on any atom is -0.330 e. The minimum atomic E-state index is 0.226. The molecule has 1 rings (SSSR count). The molecule has 0 spiro atoms. The molecule has 1 unspecified atom stereocenters. The molecule has 2 nitrogen and oxygen atoms in total. The van der Waals surface area contributed by atoms with Gasteiger partial charge in [-0.1, -0.05) is 41.9 Å². The molecule has 17 heavy (non-hydrogen) atoms. The van der Waals surface area contributed by atoms with E-state index in [-0.39, 0.29) is 5.41 Å². The Morgan fingerprint density at radius 3 is 2.35 bits per heavy atom. The van der Waals surface area contributed by atoms with E-state index in [1.807, 2.05) is 0 Å². The molecule has 0 bridgehead atoms. The first kappa shape index (κ1) is 14.7. The zero-order valence-electron chi connectivity index (χ0n) is 11.0. The lowest BCUT2D eigenvalue weighted by Gasteiger charge is -2.31. The third-order valence-corrected chi connectivity index (χ3v) is 3.89. The van der Waals surface area contributed by atoms with Gasteiger partial charge in [-0.05, 0) is 43.1 Å². The summed E-state index contributed by atoms with van der Waals surface area (Å²) in [6.07, 6.45) is 1.12. The lowest BCUT2D eigenvalue weighted by Crippen LogP contribution is -2.38. The maximum Gasteiger partial charge on any atom is 0.0230 e. The van der Waals surface area contributed by atoms with Crippen LogP contribution in [-0.4, -0.2) is 25.0 Å². The van der Waals surface area contributed by atoms with Crippen molar-refractivity contribution in [1.82, 2.24) is 4.90 Å². The second kappa shape index (κ2) is 6.53. The summed E-state index contributed by atoms with van der Waals surface area (Å²) in [7, 11) is 2.16. The smallest absolute Gasteiger partial charge is 0.0230 e. The topological polar surface area (TPSA) is 29.3 Å². The van der Waals surface area contributed by atoms with Gasteiger partial charge in [0.1, 0.15) is 0 Å². The number of nitrogens with zero attached hydrogens (tertiary/aromatic N) is 1. The zero-order chi connectivity index (χ0) is 12.9. The number of hydrogen-bond acceptors (Lipinski definition) is 2. The highest BCUT2D eigenvalue weighted by Crippen LogP contribution is 2.21. The van der Waals surface area contributed by atoms with Gasteiger partial charge in [0.2, 0.25) is 0 Å². The molecular weight excluding hydrogens is 276 g/mol. The quantitative estimate of drug-likeness (QED) is 0.873. The summed E-state index contributed by atoms with van der Waals surface area (Å²) in [5, 5.41) is 0. The number of benzene rings is 1. The van der Waals surface area contributed by atoms with Gasteiger partial charge in [0, 0.05) is 17.6 Å². The van der Waals surface area contributed by atoms with Crippen molar-refractivity contribution in [2.75, 3.05) is 20.1 Å². The van der Waals surface area contributed by atoms with Gasteiger partial charge in [0.15, 0.2) is 0 Å². The van der Waals surface area contributed by atoms with Crippen LogP contribution in [0.1, 0.15) is 25.8 Å². The normalized spacial score (nSPS) is 14.9. The van der Waals surface area contributed by atoms with Crippen LogP contribution in [0, 0.1) is 5.41 Å². The van der Waals surface area contributed by atoms with Gasteiger partial charge in [-0.15, -0.1) is 0 Å². The molecule has 96 valence electrons. The molecule has 0 saturated heterocycles. The second-order valence-corrected chi connectivity index (χ2v) is 6.08. The summed E-state index contributed by atoms with van der Waals surface area (Å²) in [4.78, 5) is 2.35. The van der Waals surface area contributed by atoms with Crippen molar-refractivity contribution in [3.63, 3.8) is 0 Å². The highest BCUT2D eigenvalue weighted by Gasteiger charge is 2.21. The van der Waals surface area contributed by atoms with E-state index in [2.05, 4.69) is 66.0 Å². The first-order valence-corrected chi connectivity index (χ1v) is 6.91. The van der Waals surface area contributed by atoms with Gasteiger partial charge < -0.3 is 10.6 Å². The summed E-state index contributed by atoms with van der Waals surface area (Å²) >= 11 is 3.45. The molecule has 0 saturated carbocycles. The minimum absolute atomic E-state index is 0.226. The maximum atomic E-state index is 5.85. The van der Waals surface area contributed by atoms with Crippen LogP contribution < -0.4 is 5.73 Å². The number of halogens is 1. The Morgan fingerprint density at radius 1 is 1.29 bits per heavy atom. The molecule has 0 radical (unpaired) electrons. The van der Waals surface area contributed by atoms with Gasteiger partial charge in [-0.3, -0.25) is 0 Å². The predicted octanol–water partition coefficient (Wildman–Crippen LogP) is 3.26. The van der Waals surface area contributed by atoms with Crippen LogP contribution in [0.15, 0.2) is 28.7 Å². The van der Waals surface area contributed by atoms with E-state index in [4.69, 9.17) is 5.73 Å². The standard InChI is InChI=1S/C14H23BrN2/c1-4-14(2,10-16)11-17(3)9-12-5-7-13(15)8-6-12/h5-8H,4,9-11,16H2,1-3H3. The Labute approximate surface area is 113 Å². The van der Waals surface area contributed by atoms with Crippen LogP contribution in [0.5, 0.6) is 0 Å². The monoisotopic (exact) mass is 298 g/mol. The van der Waals surface area contributed by atoms with Crippen molar-refractivity contribution in [2.45, 2.75) is 26.8 Å². The van der Waals surface area contributed by atoms with E-state index < -0.39 is 0 Å². The van der Waals surface area contributed by atoms with E-state index in [1.165, 1.54) is 5.56 Å². The Balaban J connectivity index is 2.54. The zero-order valence-corrected chi connectivity index (χ0v) is 12.6. The third kappa shape index (κ3) is 4.78. The Morgan fingerprint density at radius 2 is 1.88 bits per heavy atom. The molecule has 2 N–H and O–H groups in total. The van der Waals surface area contributed by atoms with Crippen LogP contribution in [-0.2, 0) is 6.54 Å². The van der Waals surface area contributed by atoms with E-state index >= 15 is 0 Å². The summed E-state index contributed by atoms with van der Waals surface area (Å²) in [5.74, 6) is 0. The first-order chi connectivity index (χ1) is 7.99. The highest BCUT2D eigenvalue weighted by molar-refractivity contribution is 9.10. The molecule has 0 amide bonds. The SMILES string of the molecule is CCC(C)(CN)CN(C)Cc1ccc(Br)cc1. The Hall–Kier alpha value is -0.380. The predicted molar refractivity (Wildman–Crippen MR) is 77.9 cm³/mol. The maximum absolute atomic E-state index is 5.85. The molecule has 0 aliphatic heterocycles. The molecule has 0 aromatic heterocycles. The van der Waals surface area contributed by atoms with Crippen molar-refractivity contribution in [3.8, 4) is 0 Å². The van der Waals surface area contributed by atoms with Gasteiger partial charge in [-0.25, -0.2) is 0 Å². The second-order valence-electron chi connectivity index (χ2n) is 5.17. The van der Waals surface area contributed by atoms with Crippen molar-refractivity contribution < 1.29 is 0 Å². The van der Waals surface area contributed by atoms with E-state index in [9.17, 15) is 0 Å². The largest absolute Gasteiger partial charge is 0.330 e. The molecule has 1 atom stereocenters. The highest BCUT2D eigenvalue weighted by atomic mass is 79.9. The summed E-state index contributed by atoms with van der Waals surface area (Å²) in [6, 6.07) is 8.49. The molecule has 0 aliphatic rings. The molecule has 0 aliphatic carbocycles. The first-order valence-electron chi connectivity index (χ1n) is 6.12. The Bertz CT molecular complexity index is 331. The van der Waals surface area contributed by atoms with Crippen molar-refractivity contribution in [1.29, 1.82) is 0 Å². The molecule has 0 fully saturated rings. The van der Waals surface area contributed by atoms with Crippen molar-refractivity contribution >= 4 is 15.9 Å². The summed E-state index contributed by atoms with van der Waals surface area (Å²) < 4.78 is 1.13. The fourth-order valence-corrected chi connectivity index (χ4v) is 2.19. The van der Waals surface area contributed by atoms with Gasteiger partial charge in [0.25, 0.3) is 0 Å². The number of nitrogens with two attached hydrogens (primary N) is 1. The van der Waals surface area contributed by atoms with Crippen LogP contribution in [0.3, 0.4) is 0 Å². The molecule has 3 heteroatoms. The van der Waals surface area contributed by atoms with Gasteiger partial charge in [0.05, 0.1) is 0 Å². The van der Waals surface area contributed by atoms with Gasteiger partial charge in [-0.2, -0.15) is 0 Å². The summed E-state index contributed by atoms with van der Waals surface area (Å²) in [6.45, 7) is 7.22. The third-order valence-electron chi connectivity index (χ3n) is 3.36. The lowest BCUT2D eigenvalue weighted by atomic mass is 9.87. The van der Waals surface area contributed by atoms with E-state index in [1.54, 1.807) is 0 Å². The molecule has 1 aromatic rings. The van der Waals surface area contributed by atoms with Crippen molar-refractivity contribution in [2.24, 2.45) is 11.1 Å². The van der Waals surface area contributed by atoms with Crippen LogP contribution >= 0.6 is 15.9 Å². The fourth-order valence-electron chi connectivity index (χ4n) is 1.93. The lowest BCUT2D eigenvalue weighted by molar-refractivity contribution is 0.186. The van der Waals surface area contributed by atoms with Crippen LogP contribution in [0.4, 0.5) is 0 Å². The molecular formula is C14H23BrN2. The average Bonchev–Trinajstić information content (AvgIpc) is 2.32. The van der Waals surface area contributed by atoms with Gasteiger partial charge >= 0.3 is 0 Å². The summed E-state index contributed by atoms with van der Waals surface area (Å²) in [5.41, 5.74) is 7.41. The van der Waals surface area contributed by atoms with Crippen LogP contribution in [0.2, 0.25) is 0 Å². The molecule has 1 aromatic carbocycles. The number of rotatable bonds is 6. The fraction of sp³-hybridized carbons (Fsp3) is 0.571. The van der Waals surface area contributed by atoms with E-state index in [0.717, 1.165) is 30.5 Å². The molecule has 0 heterocycles.